The molecule has 0 atom stereocenters. The molecule has 0 spiro atoms. The molecule has 0 unspecified atom stereocenters. The Labute approximate surface area is 108 Å². The van der Waals surface area contributed by atoms with Gasteiger partial charge in [-0.05, 0) is 0 Å². The van der Waals surface area contributed by atoms with Gasteiger partial charge in [-0.1, -0.05) is 0 Å². The zero-order valence-electron chi connectivity index (χ0n) is 9.82. The van der Waals surface area contributed by atoms with Crippen molar-refractivity contribution in [3.63, 3.8) is 0 Å². The molecule has 0 radical (unpaired) electrons. The van der Waals surface area contributed by atoms with Gasteiger partial charge in [0.15, 0.2) is 0 Å². The van der Waals surface area contributed by atoms with E-state index in [2.05, 4.69) is 14.2 Å². The van der Waals surface area contributed by atoms with Gasteiger partial charge in [-0.2, -0.15) is 0 Å². The quantitative estimate of drug-likeness (QED) is 0.433. The Hall–Kier alpha value is 1.14. The fourth-order valence-electron chi connectivity index (χ4n) is 1.35. The molecule has 0 aromatic rings. The molecule has 0 aromatic heterocycles. The third-order valence-corrected chi connectivity index (χ3v) is 7.94. The van der Waals surface area contributed by atoms with E-state index in [-0.39, 0.29) is 0 Å². The molecule has 0 amide bonds. The van der Waals surface area contributed by atoms with Crippen molar-refractivity contribution in [2.75, 3.05) is 19.8 Å². The first-order chi connectivity index (χ1) is 7.24. The van der Waals surface area contributed by atoms with E-state index in [4.69, 9.17) is 13.3 Å². The molecular weight excluding hydrogens is 342 g/mol. The molecule has 3 nitrogen and oxygen atoms in total. The van der Waals surface area contributed by atoms with Crippen LogP contribution in [0.5, 0.6) is 0 Å². The Morgan fingerprint density at radius 2 is 1.47 bits per heavy atom. The maximum atomic E-state index is 5.75. The van der Waals surface area contributed by atoms with Crippen molar-refractivity contribution in [2.45, 2.75) is 38.6 Å². The Morgan fingerprint density at radius 3 is 1.80 bits per heavy atom. The molecule has 15 heavy (non-hydrogen) atoms. The molecule has 6 heteroatoms. The molecule has 0 heterocycles. The molecule has 0 N–H and O–H groups in total. The van der Waals surface area contributed by atoms with Crippen molar-refractivity contribution in [2.24, 2.45) is 0 Å². The van der Waals surface area contributed by atoms with Crippen molar-refractivity contribution in [3.8, 4) is 0 Å². The van der Waals surface area contributed by atoms with E-state index in [9.17, 15) is 0 Å². The summed E-state index contributed by atoms with van der Waals surface area (Å²) in [5, 5.41) is 1.26. The van der Waals surface area contributed by atoms with Crippen LogP contribution in [0.4, 0.5) is 0 Å². The van der Waals surface area contributed by atoms with Gasteiger partial charge in [-0.25, -0.2) is 0 Å². The van der Waals surface area contributed by atoms with Crippen LogP contribution in [0.25, 0.3) is 0 Å². The van der Waals surface area contributed by atoms with Gasteiger partial charge in [0.2, 0.25) is 0 Å². The van der Waals surface area contributed by atoms with E-state index < -0.39 is 8.80 Å². The first-order valence-corrected chi connectivity index (χ1v) is 13.3. The van der Waals surface area contributed by atoms with Gasteiger partial charge < -0.3 is 0 Å². The summed E-state index contributed by atoms with van der Waals surface area (Å²) in [6.07, 6.45) is 1.15. The van der Waals surface area contributed by atoms with Crippen LogP contribution in [0.2, 0.25) is 11.4 Å². The molecular formula is C9H22O3Se2Si. The van der Waals surface area contributed by atoms with Crippen LogP contribution >= 0.6 is 0 Å². The fourth-order valence-corrected chi connectivity index (χ4v) is 6.52. The molecule has 0 aliphatic carbocycles. The summed E-state index contributed by atoms with van der Waals surface area (Å²) in [6, 6.07) is 0.960. The number of hydrogen-bond donors (Lipinski definition) is 0. The average molecular weight is 364 g/mol. The molecule has 0 aliphatic heterocycles. The number of hydrogen-bond acceptors (Lipinski definition) is 3. The van der Waals surface area contributed by atoms with Crippen LogP contribution in [-0.4, -0.2) is 55.9 Å². The minimum absolute atomic E-state index is 0.678. The van der Waals surface area contributed by atoms with E-state index >= 15 is 0 Å². The predicted octanol–water partition coefficient (Wildman–Crippen LogP) is 1.36. The molecule has 92 valence electrons. The van der Waals surface area contributed by atoms with E-state index in [1.54, 1.807) is 0 Å². The fraction of sp³-hybridized carbons (Fsp3) is 1.00. The van der Waals surface area contributed by atoms with Gasteiger partial charge in [0.1, 0.15) is 0 Å². The molecule has 0 bridgehead atoms. The molecule has 0 aromatic carbocycles. The van der Waals surface area contributed by atoms with Gasteiger partial charge >= 0.3 is 108 Å². The SMILES string of the molecule is CCO[Si](CCC[Se][SeH])(OCC)OCC. The first kappa shape index (κ1) is 16.1. The van der Waals surface area contributed by atoms with E-state index in [1.807, 2.05) is 20.8 Å². The van der Waals surface area contributed by atoms with Gasteiger partial charge in [0.05, 0.1) is 0 Å². The van der Waals surface area contributed by atoms with Crippen molar-refractivity contribution in [3.05, 3.63) is 0 Å². The second kappa shape index (κ2) is 10.3. The third kappa shape index (κ3) is 7.13. The van der Waals surface area contributed by atoms with Crippen LogP contribution in [0, 0.1) is 0 Å². The van der Waals surface area contributed by atoms with Crippen LogP contribution in [0.15, 0.2) is 0 Å². The van der Waals surface area contributed by atoms with Crippen LogP contribution in [-0.2, 0) is 13.3 Å². The summed E-state index contributed by atoms with van der Waals surface area (Å²) < 4.78 is 17.3. The topological polar surface area (TPSA) is 27.7 Å². The van der Waals surface area contributed by atoms with Crippen LogP contribution < -0.4 is 0 Å². The monoisotopic (exact) mass is 366 g/mol. The van der Waals surface area contributed by atoms with Crippen molar-refractivity contribution in [1.82, 2.24) is 0 Å². The standard InChI is InChI=1S/C9H22O3Se2Si/c1-4-10-15(11-5-2,12-6-3)9-7-8-14-13/h13H,4-9H2,1-3H3. The Kier molecular flexibility index (Phi) is 11.1. The predicted molar refractivity (Wildman–Crippen MR) is 67.8 cm³/mol. The second-order valence-corrected chi connectivity index (χ2v) is 9.86. The molecule has 0 saturated carbocycles. The summed E-state index contributed by atoms with van der Waals surface area (Å²) in [5.41, 5.74) is 0. The summed E-state index contributed by atoms with van der Waals surface area (Å²) in [4.78, 5) is 0. The molecule has 0 saturated heterocycles. The van der Waals surface area contributed by atoms with Crippen LogP contribution in [0.1, 0.15) is 27.2 Å². The van der Waals surface area contributed by atoms with E-state index in [0.29, 0.717) is 33.0 Å². The normalized spacial score (nSPS) is 12.0. The van der Waals surface area contributed by atoms with Crippen molar-refractivity contribution < 1.29 is 13.3 Å². The summed E-state index contributed by atoms with van der Waals surface area (Å²) in [6.45, 7) is 8.04. The zero-order valence-corrected chi connectivity index (χ0v) is 14.4. The Bertz CT molecular complexity index is 132. The average Bonchev–Trinajstić information content (AvgIpc) is 2.19. The third-order valence-electron chi connectivity index (χ3n) is 1.81. The molecule has 0 fully saturated rings. The number of rotatable bonds is 10. The minimum atomic E-state index is -2.33. The maximum absolute atomic E-state index is 5.75. The zero-order chi connectivity index (χ0) is 11.6. The summed E-state index contributed by atoms with van der Waals surface area (Å²) in [7, 11) is -2.33. The molecule has 0 rings (SSSR count). The van der Waals surface area contributed by atoms with Crippen LogP contribution in [0.3, 0.4) is 0 Å². The van der Waals surface area contributed by atoms with E-state index in [1.165, 1.54) is 5.32 Å². The van der Waals surface area contributed by atoms with Gasteiger partial charge in [0.25, 0.3) is 0 Å². The Balaban J connectivity index is 4.18. The van der Waals surface area contributed by atoms with Gasteiger partial charge in [-0.15, -0.1) is 0 Å². The van der Waals surface area contributed by atoms with Crippen molar-refractivity contribution in [1.29, 1.82) is 0 Å². The van der Waals surface area contributed by atoms with Gasteiger partial charge in [0, 0.05) is 0 Å². The first-order valence-electron chi connectivity index (χ1n) is 5.42. The van der Waals surface area contributed by atoms with E-state index in [0.717, 1.165) is 12.5 Å². The summed E-state index contributed by atoms with van der Waals surface area (Å²) in [5.74, 6) is 0. The van der Waals surface area contributed by atoms with Crippen molar-refractivity contribution >= 4 is 36.1 Å². The second-order valence-electron chi connectivity index (χ2n) is 2.92. The summed E-state index contributed by atoms with van der Waals surface area (Å²) >= 11 is 3.35. The Morgan fingerprint density at radius 1 is 1.00 bits per heavy atom. The molecule has 0 aliphatic rings. The van der Waals surface area contributed by atoms with Gasteiger partial charge in [-0.3, -0.25) is 0 Å².